The van der Waals surface area contributed by atoms with E-state index in [9.17, 15) is 0 Å². The van der Waals surface area contributed by atoms with Gasteiger partial charge in [0.25, 0.3) is 0 Å². The monoisotopic (exact) mass is 201 g/mol. The molecule has 0 atom stereocenters. The van der Waals surface area contributed by atoms with Crippen molar-refractivity contribution >= 4 is 5.69 Å². The summed E-state index contributed by atoms with van der Waals surface area (Å²) in [4.78, 5) is 4.29. The third-order valence-electron chi connectivity index (χ3n) is 2.91. The molecule has 1 N–H and O–H groups in total. The highest BCUT2D eigenvalue weighted by Crippen LogP contribution is 2.26. The molecule has 0 unspecified atom stereocenters. The Kier molecular flexibility index (Phi) is 2.59. The fourth-order valence-electron chi connectivity index (χ4n) is 1.86. The standard InChI is InChI=1S/C12H15N3/c1-8-6-12(15-10-4-3-5-10)11(7-13)9(2)14-8/h6,10H,3-5H2,1-2H3,(H,14,15). The number of rotatable bonds is 2. The van der Waals surface area contributed by atoms with Gasteiger partial charge in [0, 0.05) is 11.7 Å². The minimum absolute atomic E-state index is 0.554. The van der Waals surface area contributed by atoms with Gasteiger partial charge in [-0.15, -0.1) is 0 Å². The second kappa shape index (κ2) is 3.90. The van der Waals surface area contributed by atoms with E-state index in [0.717, 1.165) is 17.1 Å². The summed E-state index contributed by atoms with van der Waals surface area (Å²) >= 11 is 0. The van der Waals surface area contributed by atoms with Crippen LogP contribution < -0.4 is 5.32 Å². The molecule has 0 aromatic carbocycles. The quantitative estimate of drug-likeness (QED) is 0.799. The zero-order valence-corrected chi connectivity index (χ0v) is 9.17. The molecule has 15 heavy (non-hydrogen) atoms. The average Bonchev–Trinajstić information content (AvgIpc) is 2.10. The van der Waals surface area contributed by atoms with Gasteiger partial charge < -0.3 is 5.32 Å². The third-order valence-corrected chi connectivity index (χ3v) is 2.91. The van der Waals surface area contributed by atoms with Crippen LogP contribution in [0.3, 0.4) is 0 Å². The van der Waals surface area contributed by atoms with Crippen LogP contribution in [-0.4, -0.2) is 11.0 Å². The molecular formula is C12H15N3. The highest BCUT2D eigenvalue weighted by atomic mass is 14.9. The fraction of sp³-hybridized carbons (Fsp3) is 0.500. The molecule has 1 aromatic rings. The van der Waals surface area contributed by atoms with Crippen molar-refractivity contribution < 1.29 is 0 Å². The van der Waals surface area contributed by atoms with Crippen LogP contribution in [0.5, 0.6) is 0 Å². The van der Waals surface area contributed by atoms with Crippen molar-refractivity contribution in [3.05, 3.63) is 23.0 Å². The molecule has 3 heteroatoms. The van der Waals surface area contributed by atoms with Crippen molar-refractivity contribution in [2.24, 2.45) is 0 Å². The average molecular weight is 201 g/mol. The molecule has 1 aromatic heterocycles. The van der Waals surface area contributed by atoms with E-state index in [2.05, 4.69) is 16.4 Å². The molecule has 1 saturated carbocycles. The maximum atomic E-state index is 9.06. The molecule has 0 amide bonds. The summed E-state index contributed by atoms with van der Waals surface area (Å²) in [5.74, 6) is 0. The van der Waals surface area contributed by atoms with Gasteiger partial charge in [-0.1, -0.05) is 0 Å². The summed E-state index contributed by atoms with van der Waals surface area (Å²) < 4.78 is 0. The molecule has 0 bridgehead atoms. The molecule has 1 aliphatic rings. The van der Waals surface area contributed by atoms with E-state index in [4.69, 9.17) is 5.26 Å². The summed E-state index contributed by atoms with van der Waals surface area (Å²) in [6, 6.07) is 4.74. The van der Waals surface area contributed by atoms with E-state index in [0.29, 0.717) is 11.6 Å². The summed E-state index contributed by atoms with van der Waals surface area (Å²) in [6.45, 7) is 3.84. The Morgan fingerprint density at radius 3 is 2.73 bits per heavy atom. The Balaban J connectivity index is 2.31. The van der Waals surface area contributed by atoms with Crippen molar-refractivity contribution in [3.63, 3.8) is 0 Å². The number of anilines is 1. The Labute approximate surface area is 90.1 Å². The van der Waals surface area contributed by atoms with E-state index >= 15 is 0 Å². The van der Waals surface area contributed by atoms with E-state index in [1.54, 1.807) is 0 Å². The van der Waals surface area contributed by atoms with Crippen LogP contribution in [0.2, 0.25) is 0 Å². The van der Waals surface area contributed by atoms with Gasteiger partial charge in [0.2, 0.25) is 0 Å². The first-order valence-electron chi connectivity index (χ1n) is 5.35. The molecule has 1 fully saturated rings. The lowest BCUT2D eigenvalue weighted by molar-refractivity contribution is 0.445. The highest BCUT2D eigenvalue weighted by Gasteiger charge is 2.19. The number of nitrogens with one attached hydrogen (secondary N) is 1. The van der Waals surface area contributed by atoms with E-state index in [-0.39, 0.29) is 0 Å². The molecule has 0 radical (unpaired) electrons. The van der Waals surface area contributed by atoms with Gasteiger partial charge >= 0.3 is 0 Å². The largest absolute Gasteiger partial charge is 0.381 e. The zero-order chi connectivity index (χ0) is 10.8. The number of nitrogens with zero attached hydrogens (tertiary/aromatic N) is 2. The highest BCUT2D eigenvalue weighted by molar-refractivity contribution is 5.60. The lowest BCUT2D eigenvalue weighted by atomic mass is 9.92. The molecular weight excluding hydrogens is 186 g/mol. The maximum Gasteiger partial charge on any atom is 0.103 e. The third kappa shape index (κ3) is 1.94. The van der Waals surface area contributed by atoms with Crippen molar-refractivity contribution in [3.8, 4) is 6.07 Å². The van der Waals surface area contributed by atoms with E-state index in [1.165, 1.54) is 19.3 Å². The normalized spacial score (nSPS) is 15.5. The summed E-state index contributed by atoms with van der Waals surface area (Å²) in [5.41, 5.74) is 3.42. The number of nitriles is 1. The zero-order valence-electron chi connectivity index (χ0n) is 9.17. The number of aryl methyl sites for hydroxylation is 2. The van der Waals surface area contributed by atoms with Gasteiger partial charge in [-0.25, -0.2) is 0 Å². The first-order valence-corrected chi connectivity index (χ1v) is 5.35. The Bertz CT molecular complexity index is 414. The van der Waals surface area contributed by atoms with E-state index in [1.807, 2.05) is 19.9 Å². The van der Waals surface area contributed by atoms with Gasteiger partial charge in [0.15, 0.2) is 0 Å². The Morgan fingerprint density at radius 2 is 2.20 bits per heavy atom. The summed E-state index contributed by atoms with van der Waals surface area (Å²) in [5, 5.41) is 12.5. The van der Waals surface area contributed by atoms with Gasteiger partial charge in [0.1, 0.15) is 6.07 Å². The Hall–Kier alpha value is -1.56. The number of aromatic nitrogens is 1. The minimum Gasteiger partial charge on any atom is -0.381 e. The number of hydrogen-bond donors (Lipinski definition) is 1. The minimum atomic E-state index is 0.554. The summed E-state index contributed by atoms with van der Waals surface area (Å²) in [7, 11) is 0. The molecule has 78 valence electrons. The van der Waals surface area contributed by atoms with Crippen LogP contribution in [0.4, 0.5) is 5.69 Å². The number of hydrogen-bond acceptors (Lipinski definition) is 3. The van der Waals surface area contributed by atoms with Crippen molar-refractivity contribution in [1.29, 1.82) is 5.26 Å². The predicted molar refractivity (Wildman–Crippen MR) is 59.7 cm³/mol. The predicted octanol–water partition coefficient (Wildman–Crippen LogP) is 2.53. The van der Waals surface area contributed by atoms with Crippen LogP contribution in [0, 0.1) is 25.2 Å². The van der Waals surface area contributed by atoms with Gasteiger partial charge in [-0.2, -0.15) is 5.26 Å². The van der Waals surface area contributed by atoms with Crippen LogP contribution >= 0.6 is 0 Å². The topological polar surface area (TPSA) is 48.7 Å². The van der Waals surface area contributed by atoms with Gasteiger partial charge in [-0.05, 0) is 39.2 Å². The van der Waals surface area contributed by atoms with Crippen LogP contribution in [0.25, 0.3) is 0 Å². The summed E-state index contributed by atoms with van der Waals surface area (Å²) in [6.07, 6.45) is 3.72. The maximum absolute atomic E-state index is 9.06. The number of pyridine rings is 1. The van der Waals surface area contributed by atoms with Crippen LogP contribution in [-0.2, 0) is 0 Å². The Morgan fingerprint density at radius 1 is 1.47 bits per heavy atom. The molecule has 0 saturated heterocycles. The molecule has 0 aliphatic heterocycles. The van der Waals surface area contributed by atoms with Crippen molar-refractivity contribution in [1.82, 2.24) is 4.98 Å². The van der Waals surface area contributed by atoms with Crippen molar-refractivity contribution in [2.75, 3.05) is 5.32 Å². The smallest absolute Gasteiger partial charge is 0.103 e. The molecule has 3 nitrogen and oxygen atoms in total. The second-order valence-corrected chi connectivity index (χ2v) is 4.16. The molecule has 1 heterocycles. The molecule has 2 rings (SSSR count). The SMILES string of the molecule is Cc1cc(NC2CCC2)c(C#N)c(C)n1. The first kappa shape index (κ1) is 9.97. The first-order chi connectivity index (χ1) is 7.20. The van der Waals surface area contributed by atoms with Gasteiger partial charge in [0.05, 0.1) is 16.9 Å². The van der Waals surface area contributed by atoms with Crippen LogP contribution in [0.1, 0.15) is 36.2 Å². The lowest BCUT2D eigenvalue weighted by Crippen LogP contribution is -2.27. The van der Waals surface area contributed by atoms with E-state index < -0.39 is 0 Å². The van der Waals surface area contributed by atoms with Gasteiger partial charge in [-0.3, -0.25) is 4.98 Å². The molecule has 0 spiro atoms. The lowest BCUT2D eigenvalue weighted by Gasteiger charge is -2.28. The van der Waals surface area contributed by atoms with Crippen molar-refractivity contribution in [2.45, 2.75) is 39.2 Å². The molecule has 1 aliphatic carbocycles. The fourth-order valence-corrected chi connectivity index (χ4v) is 1.86. The second-order valence-electron chi connectivity index (χ2n) is 4.16. The van der Waals surface area contributed by atoms with Crippen LogP contribution in [0.15, 0.2) is 6.07 Å².